The molecule has 4 heteroatoms. The number of hydrogen-bond acceptors (Lipinski definition) is 3. The molecular weight excluding hydrogens is 424 g/mol. The fourth-order valence-electron chi connectivity index (χ4n) is 8.91. The Kier molecular flexibility index (Phi) is 6.09. The third-order valence-corrected chi connectivity index (χ3v) is 11.7. The van der Waals surface area contributed by atoms with E-state index in [1.54, 1.807) is 0 Å². The molecule has 0 radical (unpaired) electrons. The highest BCUT2D eigenvalue weighted by atomic mass is 16.4. The molecule has 3 fully saturated rings. The van der Waals surface area contributed by atoms with Crippen LogP contribution in [0.2, 0.25) is 0 Å². The number of carbonyl (C=O) groups is 1. The smallest absolute Gasteiger partial charge is 0.303 e. The molecule has 0 spiro atoms. The minimum absolute atomic E-state index is 0.0615. The number of aliphatic hydroxyl groups excluding tert-OH is 2. The van der Waals surface area contributed by atoms with Crippen LogP contribution in [0.5, 0.6) is 0 Å². The Morgan fingerprint density at radius 2 is 1.71 bits per heavy atom. The highest BCUT2D eigenvalue weighted by Gasteiger charge is 2.66. The molecule has 190 valence electrons. The van der Waals surface area contributed by atoms with Gasteiger partial charge >= 0.3 is 5.97 Å². The molecule has 9 atom stereocenters. The number of hydrogen-bond donors (Lipinski definition) is 3. The van der Waals surface area contributed by atoms with E-state index >= 15 is 0 Å². The Labute approximate surface area is 206 Å². The first-order chi connectivity index (χ1) is 15.6. The number of carboxylic acid groups (broad SMARTS) is 1. The molecule has 1 unspecified atom stereocenters. The summed E-state index contributed by atoms with van der Waals surface area (Å²) < 4.78 is 0. The molecule has 3 saturated carbocycles. The van der Waals surface area contributed by atoms with E-state index in [0.717, 1.165) is 25.7 Å². The lowest BCUT2D eigenvalue weighted by Gasteiger charge is -2.68. The van der Waals surface area contributed by atoms with E-state index in [9.17, 15) is 20.1 Å². The molecular formula is C30H46O4. The number of rotatable bonds is 4. The largest absolute Gasteiger partial charge is 0.481 e. The van der Waals surface area contributed by atoms with Crippen LogP contribution in [-0.2, 0) is 4.79 Å². The van der Waals surface area contributed by atoms with Crippen molar-refractivity contribution in [3.63, 3.8) is 0 Å². The van der Waals surface area contributed by atoms with Crippen LogP contribution < -0.4 is 0 Å². The van der Waals surface area contributed by atoms with Gasteiger partial charge in [-0.1, -0.05) is 83.9 Å². The maximum atomic E-state index is 11.5. The molecule has 4 nitrogen and oxygen atoms in total. The van der Waals surface area contributed by atoms with Crippen LogP contribution >= 0.6 is 0 Å². The van der Waals surface area contributed by atoms with Crippen molar-refractivity contribution >= 4 is 5.97 Å². The maximum Gasteiger partial charge on any atom is 0.303 e. The lowest BCUT2D eigenvalue weighted by Crippen LogP contribution is -2.64. The molecule has 3 N–H and O–H groups in total. The van der Waals surface area contributed by atoms with Gasteiger partial charge in [-0.15, -0.1) is 0 Å². The molecule has 0 aromatic heterocycles. The van der Waals surface area contributed by atoms with Crippen LogP contribution in [0.15, 0.2) is 35.5 Å². The SMILES string of the molecule is C=C1CC[C@]2(C)C(=CC=C3[C@]4(C)C(CC[C@]32C)C(C)(C)[C@@H](O)C[C@H]4O)[C@H]1[C@@H](C)[C@H](C)CC(=O)O. The summed E-state index contributed by atoms with van der Waals surface area (Å²) in [5.74, 6) is -0.0633. The predicted molar refractivity (Wildman–Crippen MR) is 136 cm³/mol. The van der Waals surface area contributed by atoms with Crippen LogP contribution in [-0.4, -0.2) is 33.5 Å². The van der Waals surface area contributed by atoms with Crippen molar-refractivity contribution in [3.8, 4) is 0 Å². The van der Waals surface area contributed by atoms with E-state index in [1.807, 2.05) is 0 Å². The van der Waals surface area contributed by atoms with Gasteiger partial charge in [0, 0.05) is 24.2 Å². The second kappa shape index (κ2) is 8.06. The van der Waals surface area contributed by atoms with E-state index in [-0.39, 0.29) is 51.8 Å². The molecule has 0 aromatic carbocycles. The number of fused-ring (bicyclic) bond motifs is 5. The highest BCUT2D eigenvalue weighted by Crippen LogP contribution is 2.72. The number of aliphatic hydroxyl groups is 2. The Morgan fingerprint density at radius 1 is 1.06 bits per heavy atom. The zero-order chi connectivity index (χ0) is 25.4. The average molecular weight is 471 g/mol. The fraction of sp³-hybridized carbons (Fsp3) is 0.767. The van der Waals surface area contributed by atoms with E-state index in [2.05, 4.69) is 67.2 Å². The molecule has 0 saturated heterocycles. The van der Waals surface area contributed by atoms with Gasteiger partial charge < -0.3 is 15.3 Å². The standard InChI is InChI=1S/C30H46O4/c1-17-11-13-28(6)20(26(17)19(3)18(2)15-25(33)34)9-10-22-29(28,7)14-12-21-27(4,5)23(31)16-24(32)30(21,22)8/h9-10,18-19,21,23-24,26,31-32H,1,11-16H2,2-8H3,(H,33,34)/t18-,19+,21?,23+,24-,26-,28-,29-,30+/m1/s1. The van der Waals surface area contributed by atoms with Crippen LogP contribution in [0.4, 0.5) is 0 Å². The molecule has 0 bridgehead atoms. The Morgan fingerprint density at radius 3 is 2.32 bits per heavy atom. The van der Waals surface area contributed by atoms with Crippen molar-refractivity contribution in [3.05, 3.63) is 35.5 Å². The summed E-state index contributed by atoms with van der Waals surface area (Å²) in [4.78, 5) is 11.5. The topological polar surface area (TPSA) is 77.8 Å². The van der Waals surface area contributed by atoms with Gasteiger partial charge in [0.2, 0.25) is 0 Å². The Bertz CT molecular complexity index is 943. The summed E-state index contributed by atoms with van der Waals surface area (Å²) in [5, 5.41) is 31.7. The molecule has 4 rings (SSSR count). The van der Waals surface area contributed by atoms with E-state index in [1.165, 1.54) is 16.7 Å². The number of carboxylic acids is 1. The van der Waals surface area contributed by atoms with E-state index in [0.29, 0.717) is 6.42 Å². The van der Waals surface area contributed by atoms with Crippen molar-refractivity contribution in [1.82, 2.24) is 0 Å². The quantitative estimate of drug-likeness (QED) is 0.431. The third-order valence-electron chi connectivity index (χ3n) is 11.7. The van der Waals surface area contributed by atoms with Crippen molar-refractivity contribution < 1.29 is 20.1 Å². The van der Waals surface area contributed by atoms with Crippen molar-refractivity contribution in [2.45, 2.75) is 99.2 Å². The van der Waals surface area contributed by atoms with E-state index in [4.69, 9.17) is 0 Å². The molecule has 0 amide bonds. The van der Waals surface area contributed by atoms with Gasteiger partial charge in [-0.3, -0.25) is 4.79 Å². The van der Waals surface area contributed by atoms with Crippen molar-refractivity contribution in [2.24, 2.45) is 45.3 Å². The lowest BCUT2D eigenvalue weighted by atomic mass is 9.37. The highest BCUT2D eigenvalue weighted by molar-refractivity contribution is 5.67. The van der Waals surface area contributed by atoms with Gasteiger partial charge in [-0.05, 0) is 59.7 Å². The first-order valence-corrected chi connectivity index (χ1v) is 13.3. The van der Waals surface area contributed by atoms with E-state index < -0.39 is 18.2 Å². The monoisotopic (exact) mass is 470 g/mol. The minimum Gasteiger partial charge on any atom is -0.481 e. The molecule has 0 aromatic rings. The second-order valence-electron chi connectivity index (χ2n) is 13.4. The summed E-state index contributed by atoms with van der Waals surface area (Å²) in [6.45, 7) is 20.1. The molecule has 34 heavy (non-hydrogen) atoms. The van der Waals surface area contributed by atoms with Crippen LogP contribution in [0.25, 0.3) is 0 Å². The summed E-state index contributed by atoms with van der Waals surface area (Å²) in [7, 11) is 0. The normalized spacial score (nSPS) is 45.1. The van der Waals surface area contributed by atoms with Crippen LogP contribution in [0.3, 0.4) is 0 Å². The first-order valence-electron chi connectivity index (χ1n) is 13.3. The van der Waals surface area contributed by atoms with Crippen molar-refractivity contribution in [2.75, 3.05) is 0 Å². The molecule has 0 aliphatic heterocycles. The van der Waals surface area contributed by atoms with Crippen LogP contribution in [0.1, 0.15) is 87.0 Å². The zero-order valence-corrected chi connectivity index (χ0v) is 22.3. The van der Waals surface area contributed by atoms with Gasteiger partial charge in [0.15, 0.2) is 0 Å². The molecule has 4 aliphatic rings. The predicted octanol–water partition coefficient (Wildman–Crippen LogP) is 6.15. The first kappa shape index (κ1) is 25.7. The Hall–Kier alpha value is -1.39. The summed E-state index contributed by atoms with van der Waals surface area (Å²) in [6, 6.07) is 0. The van der Waals surface area contributed by atoms with Crippen molar-refractivity contribution in [1.29, 1.82) is 0 Å². The summed E-state index contributed by atoms with van der Waals surface area (Å²) in [5.41, 5.74) is 3.23. The lowest BCUT2D eigenvalue weighted by molar-refractivity contribution is -0.172. The van der Waals surface area contributed by atoms with Gasteiger partial charge in [-0.25, -0.2) is 0 Å². The van der Waals surface area contributed by atoms with Gasteiger partial charge in [0.05, 0.1) is 12.2 Å². The molecule has 4 aliphatic carbocycles. The summed E-state index contributed by atoms with van der Waals surface area (Å²) >= 11 is 0. The van der Waals surface area contributed by atoms with Crippen LogP contribution in [0, 0.1) is 45.3 Å². The van der Waals surface area contributed by atoms with Gasteiger partial charge in [0.25, 0.3) is 0 Å². The maximum absolute atomic E-state index is 11.5. The van der Waals surface area contributed by atoms with Gasteiger partial charge in [-0.2, -0.15) is 0 Å². The number of aliphatic carboxylic acids is 1. The fourth-order valence-corrected chi connectivity index (χ4v) is 8.91. The average Bonchev–Trinajstić information content (AvgIpc) is 2.73. The third kappa shape index (κ3) is 3.27. The summed E-state index contributed by atoms with van der Waals surface area (Å²) in [6.07, 6.45) is 8.18. The minimum atomic E-state index is -0.738. The number of allylic oxidation sites excluding steroid dienone is 4. The molecule has 0 heterocycles. The zero-order valence-electron chi connectivity index (χ0n) is 22.3. The Balaban J connectivity index is 1.83. The second-order valence-corrected chi connectivity index (χ2v) is 13.4. The van der Waals surface area contributed by atoms with Gasteiger partial charge in [0.1, 0.15) is 0 Å².